The van der Waals surface area contributed by atoms with E-state index in [4.69, 9.17) is 0 Å². The standard InChI is InChI=1S/C17H19F3N4O2S/c18-17(19,20)10-21-16(26)23-14(25)9-24-7-3-4-11(8-24)15-22-12-5-1-2-6-13(12)27-15/h1-2,5-6,11H,3-4,7-10H2,(H2,21,23,25,26)/t11-/m1/s1. The number of fused-ring (bicyclic) bond motifs is 1. The summed E-state index contributed by atoms with van der Waals surface area (Å²) in [4.78, 5) is 29.8. The molecular formula is C17H19F3N4O2S. The summed E-state index contributed by atoms with van der Waals surface area (Å²) in [5.74, 6) is -0.428. The summed E-state index contributed by atoms with van der Waals surface area (Å²) in [5, 5.41) is 4.57. The minimum Gasteiger partial charge on any atom is -0.329 e. The van der Waals surface area contributed by atoms with E-state index >= 15 is 0 Å². The van der Waals surface area contributed by atoms with Crippen molar-refractivity contribution in [2.45, 2.75) is 24.9 Å². The summed E-state index contributed by atoms with van der Waals surface area (Å²) >= 11 is 1.64. The maximum atomic E-state index is 12.1. The zero-order valence-corrected chi connectivity index (χ0v) is 15.2. The Morgan fingerprint density at radius 2 is 2.07 bits per heavy atom. The van der Waals surface area contributed by atoms with Crippen LogP contribution in [0.15, 0.2) is 24.3 Å². The molecule has 2 heterocycles. The smallest absolute Gasteiger partial charge is 0.329 e. The first-order chi connectivity index (χ1) is 12.8. The molecule has 0 spiro atoms. The summed E-state index contributed by atoms with van der Waals surface area (Å²) in [5.41, 5.74) is 0.953. The number of hydrogen-bond acceptors (Lipinski definition) is 5. The molecule has 0 unspecified atom stereocenters. The topological polar surface area (TPSA) is 74.3 Å². The largest absolute Gasteiger partial charge is 0.405 e. The van der Waals surface area contributed by atoms with Crippen molar-refractivity contribution in [3.8, 4) is 0 Å². The van der Waals surface area contributed by atoms with Crippen molar-refractivity contribution in [1.29, 1.82) is 0 Å². The van der Waals surface area contributed by atoms with Crippen LogP contribution in [0.4, 0.5) is 18.0 Å². The van der Waals surface area contributed by atoms with E-state index < -0.39 is 24.7 Å². The van der Waals surface area contributed by atoms with Crippen LogP contribution in [0.1, 0.15) is 23.8 Å². The second-order valence-electron chi connectivity index (χ2n) is 6.44. The number of alkyl halides is 3. The molecule has 1 aromatic heterocycles. The lowest BCUT2D eigenvalue weighted by atomic mass is 9.99. The van der Waals surface area contributed by atoms with E-state index in [0.717, 1.165) is 28.1 Å². The van der Waals surface area contributed by atoms with Crippen molar-refractivity contribution < 1.29 is 22.8 Å². The molecule has 2 aromatic rings. The van der Waals surface area contributed by atoms with Gasteiger partial charge in [0.15, 0.2) is 0 Å². The molecule has 6 nitrogen and oxygen atoms in total. The van der Waals surface area contributed by atoms with Crippen molar-refractivity contribution in [3.05, 3.63) is 29.3 Å². The summed E-state index contributed by atoms with van der Waals surface area (Å²) in [6.07, 6.45) is -2.67. The number of para-hydroxylation sites is 1. The fourth-order valence-electron chi connectivity index (χ4n) is 3.06. The Morgan fingerprint density at radius 3 is 2.81 bits per heavy atom. The molecule has 2 N–H and O–H groups in total. The van der Waals surface area contributed by atoms with Crippen molar-refractivity contribution in [1.82, 2.24) is 20.5 Å². The Labute approximate surface area is 157 Å². The molecule has 3 rings (SSSR count). The molecule has 0 aliphatic carbocycles. The second kappa shape index (κ2) is 8.22. The number of hydrogen-bond donors (Lipinski definition) is 2. The Hall–Kier alpha value is -2.20. The van der Waals surface area contributed by atoms with Gasteiger partial charge in [-0.05, 0) is 31.5 Å². The number of amides is 3. The van der Waals surface area contributed by atoms with Gasteiger partial charge in [0.25, 0.3) is 0 Å². The number of rotatable bonds is 4. The van der Waals surface area contributed by atoms with Crippen molar-refractivity contribution >= 4 is 33.5 Å². The Kier molecular flexibility index (Phi) is 5.95. The molecule has 0 saturated carbocycles. The third kappa shape index (κ3) is 5.64. The van der Waals surface area contributed by atoms with E-state index in [0.29, 0.717) is 13.1 Å². The van der Waals surface area contributed by atoms with Gasteiger partial charge >= 0.3 is 12.2 Å². The average molecular weight is 400 g/mol. The predicted molar refractivity (Wildman–Crippen MR) is 95.6 cm³/mol. The van der Waals surface area contributed by atoms with Gasteiger partial charge in [-0.1, -0.05) is 12.1 Å². The van der Waals surface area contributed by atoms with Crippen LogP contribution in [-0.4, -0.2) is 54.2 Å². The Morgan fingerprint density at radius 1 is 1.30 bits per heavy atom. The molecule has 0 radical (unpaired) electrons. The van der Waals surface area contributed by atoms with E-state index in [1.807, 2.05) is 34.5 Å². The Balaban J connectivity index is 1.52. The molecule has 1 aliphatic heterocycles. The van der Waals surface area contributed by atoms with E-state index in [-0.39, 0.29) is 12.5 Å². The van der Waals surface area contributed by atoms with Gasteiger partial charge < -0.3 is 5.32 Å². The zero-order valence-electron chi connectivity index (χ0n) is 14.4. The maximum absolute atomic E-state index is 12.1. The molecule has 0 bridgehead atoms. The van der Waals surface area contributed by atoms with E-state index in [9.17, 15) is 22.8 Å². The van der Waals surface area contributed by atoms with Crippen LogP contribution in [0.3, 0.4) is 0 Å². The van der Waals surface area contributed by atoms with Crippen LogP contribution in [0.2, 0.25) is 0 Å². The lowest BCUT2D eigenvalue weighted by molar-refractivity contribution is -0.125. The highest BCUT2D eigenvalue weighted by Gasteiger charge is 2.29. The van der Waals surface area contributed by atoms with Gasteiger partial charge in [-0.25, -0.2) is 9.78 Å². The number of aromatic nitrogens is 1. The summed E-state index contributed by atoms with van der Waals surface area (Å²) < 4.78 is 37.3. The number of nitrogens with zero attached hydrogens (tertiary/aromatic N) is 2. The molecule has 3 amide bonds. The van der Waals surface area contributed by atoms with Crippen LogP contribution in [0.5, 0.6) is 0 Å². The first-order valence-corrected chi connectivity index (χ1v) is 9.34. The average Bonchev–Trinajstić information content (AvgIpc) is 3.04. The highest BCUT2D eigenvalue weighted by molar-refractivity contribution is 7.18. The molecule has 1 atom stereocenters. The number of carbonyl (C=O) groups is 2. The van der Waals surface area contributed by atoms with Crippen molar-refractivity contribution in [2.24, 2.45) is 0 Å². The first kappa shape index (κ1) is 19.6. The van der Waals surface area contributed by atoms with Crippen LogP contribution in [-0.2, 0) is 4.79 Å². The minimum atomic E-state index is -4.52. The Bertz CT molecular complexity index is 791. The van der Waals surface area contributed by atoms with Crippen molar-refractivity contribution in [2.75, 3.05) is 26.2 Å². The SMILES string of the molecule is O=C(CN1CCC[C@@H](c2nc3ccccc3s2)C1)NC(=O)NCC(F)(F)F. The maximum Gasteiger partial charge on any atom is 0.405 e. The third-order valence-electron chi connectivity index (χ3n) is 4.23. The van der Waals surface area contributed by atoms with Crippen LogP contribution in [0.25, 0.3) is 10.2 Å². The van der Waals surface area contributed by atoms with Crippen LogP contribution in [0, 0.1) is 0 Å². The summed E-state index contributed by atoms with van der Waals surface area (Å²) in [6.45, 7) is -0.202. The van der Waals surface area contributed by atoms with Gasteiger partial charge in [-0.2, -0.15) is 13.2 Å². The number of thiazole rings is 1. The molecule has 1 aliphatic rings. The number of urea groups is 1. The molecule has 27 heavy (non-hydrogen) atoms. The van der Waals surface area contributed by atoms with E-state index in [2.05, 4.69) is 4.98 Å². The lowest BCUT2D eigenvalue weighted by Gasteiger charge is -2.31. The normalized spacial score (nSPS) is 18.4. The lowest BCUT2D eigenvalue weighted by Crippen LogP contribution is -2.48. The van der Waals surface area contributed by atoms with Crippen LogP contribution >= 0.6 is 11.3 Å². The predicted octanol–water partition coefficient (Wildman–Crippen LogP) is 2.86. The fraction of sp³-hybridized carbons (Fsp3) is 0.471. The van der Waals surface area contributed by atoms with Gasteiger partial charge in [-0.15, -0.1) is 11.3 Å². The fourth-order valence-corrected chi connectivity index (χ4v) is 4.15. The monoisotopic (exact) mass is 400 g/mol. The molecular weight excluding hydrogens is 381 g/mol. The highest BCUT2D eigenvalue weighted by Crippen LogP contribution is 2.32. The molecule has 146 valence electrons. The van der Waals surface area contributed by atoms with Gasteiger partial charge in [0, 0.05) is 12.5 Å². The molecule has 10 heteroatoms. The number of benzene rings is 1. The molecule has 1 aromatic carbocycles. The number of imide groups is 1. The quantitative estimate of drug-likeness (QED) is 0.828. The van der Waals surface area contributed by atoms with E-state index in [1.54, 1.807) is 16.7 Å². The van der Waals surface area contributed by atoms with Crippen LogP contribution < -0.4 is 10.6 Å². The third-order valence-corrected chi connectivity index (χ3v) is 5.43. The number of likely N-dealkylation sites (tertiary alicyclic amines) is 1. The van der Waals surface area contributed by atoms with Gasteiger partial charge in [0.1, 0.15) is 6.54 Å². The number of nitrogens with one attached hydrogen (secondary N) is 2. The highest BCUT2D eigenvalue weighted by atomic mass is 32.1. The van der Waals surface area contributed by atoms with Gasteiger partial charge in [0.05, 0.1) is 21.8 Å². The summed E-state index contributed by atoms with van der Waals surface area (Å²) in [7, 11) is 0. The number of carbonyl (C=O) groups excluding carboxylic acids is 2. The first-order valence-electron chi connectivity index (χ1n) is 8.52. The zero-order chi connectivity index (χ0) is 19.4. The van der Waals surface area contributed by atoms with E-state index in [1.165, 1.54) is 0 Å². The van der Waals surface area contributed by atoms with Gasteiger partial charge in [0.2, 0.25) is 5.91 Å². The van der Waals surface area contributed by atoms with Crippen molar-refractivity contribution in [3.63, 3.8) is 0 Å². The van der Waals surface area contributed by atoms with Gasteiger partial charge in [-0.3, -0.25) is 15.0 Å². The summed E-state index contributed by atoms with van der Waals surface area (Å²) in [6, 6.07) is 6.74. The number of halogens is 3. The minimum absolute atomic E-state index is 0.0408. The molecule has 1 fully saturated rings. The molecule has 1 saturated heterocycles. The number of piperidine rings is 1. The second-order valence-corrected chi connectivity index (χ2v) is 7.50.